The zero-order chi connectivity index (χ0) is 18.0. The Balaban J connectivity index is 2.03. The zero-order valence-electron chi connectivity index (χ0n) is 13.8. The van der Waals surface area contributed by atoms with Gasteiger partial charge in [-0.1, -0.05) is 0 Å². The number of benzene rings is 1. The number of anilines is 1. The minimum Gasteiger partial charge on any atom is -0.369 e. The molecule has 0 unspecified atom stereocenters. The van der Waals surface area contributed by atoms with Crippen LogP contribution >= 0.6 is 11.3 Å². The molecule has 7 nitrogen and oxygen atoms in total. The Bertz CT molecular complexity index is 860. The van der Waals surface area contributed by atoms with Crippen LogP contribution in [0.2, 0.25) is 0 Å². The van der Waals surface area contributed by atoms with Gasteiger partial charge in [0.1, 0.15) is 4.90 Å². The van der Waals surface area contributed by atoms with Gasteiger partial charge in [0.15, 0.2) is 0 Å². The summed E-state index contributed by atoms with van der Waals surface area (Å²) in [6, 6.07) is 6.02. The fraction of sp³-hybridized carbons (Fsp3) is 0.375. The number of nitro benzene ring substituents is 1. The molecule has 0 N–H and O–H groups in total. The van der Waals surface area contributed by atoms with E-state index >= 15 is 0 Å². The predicted molar refractivity (Wildman–Crippen MR) is 97.5 cm³/mol. The average Bonchev–Trinajstić information content (AvgIpc) is 3.28. The van der Waals surface area contributed by atoms with Crippen LogP contribution in [-0.2, 0) is 16.6 Å². The van der Waals surface area contributed by atoms with Crippen molar-refractivity contribution >= 4 is 32.7 Å². The molecule has 0 bridgehead atoms. The molecule has 0 saturated carbocycles. The van der Waals surface area contributed by atoms with Crippen LogP contribution in [-0.4, -0.2) is 37.8 Å². The molecule has 1 fully saturated rings. The molecule has 0 aliphatic carbocycles. The fourth-order valence-electron chi connectivity index (χ4n) is 2.95. The van der Waals surface area contributed by atoms with Crippen LogP contribution in [0.3, 0.4) is 0 Å². The maximum absolute atomic E-state index is 13.0. The summed E-state index contributed by atoms with van der Waals surface area (Å²) in [7, 11) is -1.97. The Morgan fingerprint density at radius 3 is 2.60 bits per heavy atom. The molecule has 1 aliphatic heterocycles. The second kappa shape index (κ2) is 7.11. The minimum absolute atomic E-state index is 0.00123. The first kappa shape index (κ1) is 17.8. The minimum atomic E-state index is -3.76. The second-order valence-electron chi connectivity index (χ2n) is 6.01. The quantitative estimate of drug-likeness (QED) is 0.567. The number of rotatable bonds is 6. The summed E-state index contributed by atoms with van der Waals surface area (Å²) >= 11 is 1.57. The van der Waals surface area contributed by atoms with Gasteiger partial charge in [-0.2, -0.15) is 15.6 Å². The van der Waals surface area contributed by atoms with E-state index in [-0.39, 0.29) is 10.6 Å². The lowest BCUT2D eigenvalue weighted by Crippen LogP contribution is -2.30. The highest BCUT2D eigenvalue weighted by Crippen LogP contribution is 2.33. The van der Waals surface area contributed by atoms with Crippen molar-refractivity contribution in [3.63, 3.8) is 0 Å². The first-order valence-electron chi connectivity index (χ1n) is 7.90. The first-order valence-corrected chi connectivity index (χ1v) is 10.3. The summed E-state index contributed by atoms with van der Waals surface area (Å²) in [6.07, 6.45) is 1.63. The SMILES string of the molecule is CN(Cc1ccsc1)c1ccc([N+](=O)[O-])cc1S(=O)(=O)N1CCCC1. The molecule has 0 atom stereocenters. The van der Waals surface area contributed by atoms with E-state index in [1.165, 1.54) is 22.5 Å². The van der Waals surface area contributed by atoms with Crippen LogP contribution in [0.4, 0.5) is 11.4 Å². The normalized spacial score (nSPS) is 15.4. The molecule has 1 aromatic heterocycles. The fourth-order valence-corrected chi connectivity index (χ4v) is 5.38. The number of nitro groups is 1. The summed E-state index contributed by atoms with van der Waals surface area (Å²) in [4.78, 5) is 12.4. The highest BCUT2D eigenvalue weighted by molar-refractivity contribution is 7.89. The summed E-state index contributed by atoms with van der Waals surface area (Å²) in [6.45, 7) is 1.45. The Kier molecular flexibility index (Phi) is 5.07. The number of sulfonamides is 1. The molecule has 0 radical (unpaired) electrons. The zero-order valence-corrected chi connectivity index (χ0v) is 15.4. The van der Waals surface area contributed by atoms with E-state index in [0.29, 0.717) is 25.3 Å². The molecular weight excluding hydrogens is 362 g/mol. The van der Waals surface area contributed by atoms with Crippen molar-refractivity contribution in [3.05, 3.63) is 50.7 Å². The van der Waals surface area contributed by atoms with Gasteiger partial charge in [0, 0.05) is 38.8 Å². The first-order chi connectivity index (χ1) is 11.9. The van der Waals surface area contributed by atoms with Crippen LogP contribution in [0.1, 0.15) is 18.4 Å². The maximum atomic E-state index is 13.0. The van der Waals surface area contributed by atoms with Gasteiger partial charge in [-0.3, -0.25) is 10.1 Å². The molecule has 25 heavy (non-hydrogen) atoms. The Morgan fingerprint density at radius 1 is 1.28 bits per heavy atom. The summed E-state index contributed by atoms with van der Waals surface area (Å²) < 4.78 is 27.4. The Labute approximate surface area is 150 Å². The van der Waals surface area contributed by atoms with E-state index in [1.807, 2.05) is 21.7 Å². The number of nitrogens with zero attached hydrogens (tertiary/aromatic N) is 3. The van der Waals surface area contributed by atoms with E-state index in [9.17, 15) is 18.5 Å². The standard InChI is InChI=1S/C16H19N3O4S2/c1-17(11-13-6-9-24-12-13)15-5-4-14(19(20)21)10-16(15)25(22,23)18-7-2-3-8-18/h4-6,9-10,12H,2-3,7-8,11H2,1H3. The van der Waals surface area contributed by atoms with Crippen LogP contribution in [0.5, 0.6) is 0 Å². The molecule has 134 valence electrons. The van der Waals surface area contributed by atoms with E-state index in [0.717, 1.165) is 18.4 Å². The third-order valence-electron chi connectivity index (χ3n) is 4.25. The van der Waals surface area contributed by atoms with Crippen molar-refractivity contribution in [1.82, 2.24) is 4.31 Å². The molecule has 9 heteroatoms. The van der Waals surface area contributed by atoms with Crippen molar-refractivity contribution in [1.29, 1.82) is 0 Å². The van der Waals surface area contributed by atoms with Crippen LogP contribution in [0, 0.1) is 10.1 Å². The van der Waals surface area contributed by atoms with E-state index in [1.54, 1.807) is 18.4 Å². The van der Waals surface area contributed by atoms with Crippen molar-refractivity contribution in [2.24, 2.45) is 0 Å². The van der Waals surface area contributed by atoms with Crippen LogP contribution in [0.15, 0.2) is 39.9 Å². The third kappa shape index (κ3) is 3.68. The predicted octanol–water partition coefficient (Wildman–Crippen LogP) is 3.08. The van der Waals surface area contributed by atoms with E-state index in [4.69, 9.17) is 0 Å². The highest BCUT2D eigenvalue weighted by atomic mass is 32.2. The van der Waals surface area contributed by atoms with Gasteiger partial charge in [0.2, 0.25) is 10.0 Å². The lowest BCUT2D eigenvalue weighted by Gasteiger charge is -2.24. The van der Waals surface area contributed by atoms with Gasteiger partial charge in [-0.25, -0.2) is 8.42 Å². The highest BCUT2D eigenvalue weighted by Gasteiger charge is 2.31. The molecule has 1 aliphatic rings. The number of thiophene rings is 1. The molecule has 2 heterocycles. The molecule has 3 rings (SSSR count). The van der Waals surface area contributed by atoms with Crippen molar-refractivity contribution in [3.8, 4) is 0 Å². The van der Waals surface area contributed by atoms with Gasteiger partial charge in [0.05, 0.1) is 10.6 Å². The van der Waals surface area contributed by atoms with Gasteiger partial charge >= 0.3 is 0 Å². The molecule has 0 spiro atoms. The lowest BCUT2D eigenvalue weighted by molar-refractivity contribution is -0.385. The van der Waals surface area contributed by atoms with Crippen LogP contribution < -0.4 is 4.90 Å². The second-order valence-corrected chi connectivity index (χ2v) is 8.69. The number of hydrogen-bond donors (Lipinski definition) is 0. The third-order valence-corrected chi connectivity index (χ3v) is 6.91. The molecule has 1 saturated heterocycles. The van der Waals surface area contributed by atoms with Crippen molar-refractivity contribution in [2.45, 2.75) is 24.3 Å². The average molecular weight is 381 g/mol. The Morgan fingerprint density at radius 2 is 2.00 bits per heavy atom. The largest absolute Gasteiger partial charge is 0.369 e. The summed E-state index contributed by atoms with van der Waals surface area (Å²) in [5, 5.41) is 15.1. The summed E-state index contributed by atoms with van der Waals surface area (Å²) in [5.41, 5.74) is 1.32. The monoisotopic (exact) mass is 381 g/mol. The van der Waals surface area contributed by atoms with Crippen molar-refractivity contribution < 1.29 is 13.3 Å². The summed E-state index contributed by atoms with van der Waals surface area (Å²) in [5.74, 6) is 0. The maximum Gasteiger partial charge on any atom is 0.270 e. The number of non-ortho nitro benzene ring substituents is 1. The molecular formula is C16H19N3O4S2. The van der Waals surface area contributed by atoms with Crippen LogP contribution in [0.25, 0.3) is 0 Å². The Hall–Kier alpha value is -1.97. The molecule has 1 aromatic carbocycles. The smallest absolute Gasteiger partial charge is 0.270 e. The van der Waals surface area contributed by atoms with E-state index in [2.05, 4.69) is 0 Å². The van der Waals surface area contributed by atoms with Gasteiger partial charge < -0.3 is 4.90 Å². The van der Waals surface area contributed by atoms with Gasteiger partial charge in [-0.15, -0.1) is 0 Å². The number of hydrogen-bond acceptors (Lipinski definition) is 6. The van der Waals surface area contributed by atoms with Crippen molar-refractivity contribution in [2.75, 3.05) is 25.0 Å². The lowest BCUT2D eigenvalue weighted by atomic mass is 10.2. The van der Waals surface area contributed by atoms with Gasteiger partial charge in [0.25, 0.3) is 5.69 Å². The topological polar surface area (TPSA) is 83.8 Å². The van der Waals surface area contributed by atoms with E-state index < -0.39 is 14.9 Å². The molecule has 0 amide bonds. The van der Waals surface area contributed by atoms with Gasteiger partial charge in [-0.05, 0) is 41.3 Å². The molecule has 2 aromatic rings.